The molecule has 1 heterocycles. The maximum absolute atomic E-state index is 12.4. The van der Waals surface area contributed by atoms with Gasteiger partial charge in [0, 0.05) is 22.1 Å². The maximum Gasteiger partial charge on any atom is 0.231 e. The van der Waals surface area contributed by atoms with E-state index >= 15 is 0 Å². The van der Waals surface area contributed by atoms with E-state index in [9.17, 15) is 4.79 Å². The van der Waals surface area contributed by atoms with Gasteiger partial charge < -0.3 is 10.3 Å². The molecule has 3 nitrogen and oxygen atoms in total. The van der Waals surface area contributed by atoms with Crippen molar-refractivity contribution in [2.45, 2.75) is 12.8 Å². The van der Waals surface area contributed by atoms with Crippen molar-refractivity contribution in [3.63, 3.8) is 0 Å². The predicted octanol–water partition coefficient (Wildman–Crippen LogP) is 4.56. The van der Waals surface area contributed by atoms with E-state index in [0.29, 0.717) is 5.02 Å². The molecule has 0 saturated carbocycles. The van der Waals surface area contributed by atoms with Crippen LogP contribution in [0.4, 0.5) is 5.69 Å². The highest BCUT2D eigenvalue weighted by atomic mass is 35.5. The minimum absolute atomic E-state index is 0.0361. The molecule has 3 rings (SSSR count). The van der Waals surface area contributed by atoms with Gasteiger partial charge in [-0.2, -0.15) is 0 Å². The van der Waals surface area contributed by atoms with Gasteiger partial charge in [0.05, 0.1) is 11.6 Å². The van der Waals surface area contributed by atoms with Crippen molar-refractivity contribution < 1.29 is 4.79 Å². The molecule has 1 aromatic heterocycles. The smallest absolute Gasteiger partial charge is 0.231 e. The normalized spacial score (nSPS) is 12.3. The molecule has 4 heteroatoms. The molecule has 0 saturated heterocycles. The lowest BCUT2D eigenvalue weighted by molar-refractivity contribution is -0.117. The summed E-state index contributed by atoms with van der Waals surface area (Å²) >= 11 is 5.87. The van der Waals surface area contributed by atoms with Gasteiger partial charge in [0.25, 0.3) is 0 Å². The summed E-state index contributed by atoms with van der Waals surface area (Å²) in [6.45, 7) is 1.88. The molecule has 3 aromatic rings. The number of benzene rings is 2. The van der Waals surface area contributed by atoms with Crippen LogP contribution in [-0.2, 0) is 4.79 Å². The van der Waals surface area contributed by atoms with Gasteiger partial charge in [0.1, 0.15) is 0 Å². The second kappa shape index (κ2) is 5.62. The molecule has 2 N–H and O–H groups in total. The summed E-state index contributed by atoms with van der Waals surface area (Å²) in [4.78, 5) is 15.5. The molecule has 0 spiro atoms. The Balaban J connectivity index is 1.82. The number of rotatable bonds is 3. The number of anilines is 1. The van der Waals surface area contributed by atoms with Crippen LogP contribution in [0.3, 0.4) is 0 Å². The van der Waals surface area contributed by atoms with E-state index < -0.39 is 0 Å². The molecule has 0 fully saturated rings. The quantitative estimate of drug-likeness (QED) is 0.731. The second-order valence-corrected chi connectivity index (χ2v) is 5.44. The zero-order valence-electron chi connectivity index (χ0n) is 11.6. The summed E-state index contributed by atoms with van der Waals surface area (Å²) in [6.07, 6.45) is 1.86. The van der Waals surface area contributed by atoms with Gasteiger partial charge >= 0.3 is 0 Å². The Morgan fingerprint density at radius 1 is 1.14 bits per heavy atom. The molecule has 21 heavy (non-hydrogen) atoms. The predicted molar refractivity (Wildman–Crippen MR) is 86.8 cm³/mol. The van der Waals surface area contributed by atoms with Crippen molar-refractivity contribution >= 4 is 34.1 Å². The van der Waals surface area contributed by atoms with Crippen molar-refractivity contribution in [1.82, 2.24) is 4.98 Å². The highest BCUT2D eigenvalue weighted by Gasteiger charge is 2.16. The fourth-order valence-corrected chi connectivity index (χ4v) is 2.46. The van der Waals surface area contributed by atoms with Gasteiger partial charge in [-0.3, -0.25) is 4.79 Å². The van der Waals surface area contributed by atoms with Gasteiger partial charge in [-0.05, 0) is 42.8 Å². The fraction of sp³-hybridized carbons (Fsp3) is 0.118. The van der Waals surface area contributed by atoms with Crippen LogP contribution in [0, 0.1) is 0 Å². The van der Waals surface area contributed by atoms with Crippen LogP contribution in [0.2, 0.25) is 5.02 Å². The van der Waals surface area contributed by atoms with Crippen LogP contribution in [0.5, 0.6) is 0 Å². The summed E-state index contributed by atoms with van der Waals surface area (Å²) in [6, 6.07) is 15.1. The van der Waals surface area contributed by atoms with Crippen molar-refractivity contribution in [3.8, 4) is 0 Å². The molecule has 0 bridgehead atoms. The zero-order valence-corrected chi connectivity index (χ0v) is 12.3. The van der Waals surface area contributed by atoms with Gasteiger partial charge in [-0.15, -0.1) is 0 Å². The molecule has 0 aliphatic heterocycles. The number of nitrogens with one attached hydrogen (secondary N) is 2. The number of fused-ring (bicyclic) bond motifs is 1. The number of hydrogen-bond donors (Lipinski definition) is 2. The standard InChI is InChI=1S/C17H15ClN2O/c1-11(12-5-7-13(18)8-6-12)17(21)20-16-4-2-3-15-14(16)9-10-19-15/h2-11,19H,1H3,(H,20,21). The van der Waals surface area contributed by atoms with Crippen molar-refractivity contribution in [3.05, 3.63) is 65.3 Å². The highest BCUT2D eigenvalue weighted by Crippen LogP contribution is 2.25. The van der Waals surface area contributed by atoms with E-state index in [0.717, 1.165) is 22.2 Å². The van der Waals surface area contributed by atoms with Crippen LogP contribution in [0.25, 0.3) is 10.9 Å². The molecule has 1 amide bonds. The summed E-state index contributed by atoms with van der Waals surface area (Å²) in [5.74, 6) is -0.275. The number of halogens is 1. The third kappa shape index (κ3) is 2.78. The molecule has 0 aliphatic rings. The van der Waals surface area contributed by atoms with Crippen LogP contribution in [-0.4, -0.2) is 10.9 Å². The van der Waals surface area contributed by atoms with E-state index in [4.69, 9.17) is 11.6 Å². The lowest BCUT2D eigenvalue weighted by Crippen LogP contribution is -2.18. The van der Waals surface area contributed by atoms with E-state index in [2.05, 4.69) is 10.3 Å². The Kier molecular flexibility index (Phi) is 3.67. The fourth-order valence-electron chi connectivity index (χ4n) is 2.34. The Labute approximate surface area is 127 Å². The Hall–Kier alpha value is -2.26. The summed E-state index contributed by atoms with van der Waals surface area (Å²) in [7, 11) is 0. The molecular formula is C17H15ClN2O. The van der Waals surface area contributed by atoms with E-state index in [-0.39, 0.29) is 11.8 Å². The number of aromatic nitrogens is 1. The topological polar surface area (TPSA) is 44.9 Å². The highest BCUT2D eigenvalue weighted by molar-refractivity contribution is 6.30. The average molecular weight is 299 g/mol. The number of aromatic amines is 1. The Morgan fingerprint density at radius 2 is 1.90 bits per heavy atom. The lowest BCUT2D eigenvalue weighted by Gasteiger charge is -2.13. The molecule has 0 aliphatic carbocycles. The van der Waals surface area contributed by atoms with Crippen molar-refractivity contribution in [2.75, 3.05) is 5.32 Å². The SMILES string of the molecule is CC(C(=O)Nc1cccc2[nH]ccc12)c1ccc(Cl)cc1. The minimum Gasteiger partial charge on any atom is -0.361 e. The first-order chi connectivity index (χ1) is 10.1. The number of carbonyl (C=O) groups is 1. The first-order valence-electron chi connectivity index (χ1n) is 6.77. The largest absolute Gasteiger partial charge is 0.361 e. The summed E-state index contributed by atoms with van der Waals surface area (Å²) in [5, 5.41) is 4.67. The Morgan fingerprint density at radius 3 is 2.67 bits per heavy atom. The number of amides is 1. The lowest BCUT2D eigenvalue weighted by atomic mass is 10.0. The van der Waals surface area contributed by atoms with Crippen molar-refractivity contribution in [1.29, 1.82) is 0 Å². The maximum atomic E-state index is 12.4. The summed E-state index contributed by atoms with van der Waals surface area (Å²) < 4.78 is 0. The number of H-pyrrole nitrogens is 1. The third-order valence-electron chi connectivity index (χ3n) is 3.62. The van der Waals surface area contributed by atoms with Crippen LogP contribution in [0.15, 0.2) is 54.7 Å². The monoisotopic (exact) mass is 298 g/mol. The van der Waals surface area contributed by atoms with Gasteiger partial charge in [0.2, 0.25) is 5.91 Å². The second-order valence-electron chi connectivity index (χ2n) is 5.01. The van der Waals surface area contributed by atoms with E-state index in [1.807, 2.05) is 49.5 Å². The van der Waals surface area contributed by atoms with Gasteiger partial charge in [0.15, 0.2) is 0 Å². The molecule has 1 unspecified atom stereocenters. The molecule has 1 atom stereocenters. The number of hydrogen-bond acceptors (Lipinski definition) is 1. The zero-order chi connectivity index (χ0) is 14.8. The molecule has 2 aromatic carbocycles. The minimum atomic E-state index is -0.239. The van der Waals surface area contributed by atoms with Crippen LogP contribution < -0.4 is 5.32 Å². The van der Waals surface area contributed by atoms with Crippen LogP contribution >= 0.6 is 11.6 Å². The third-order valence-corrected chi connectivity index (χ3v) is 3.87. The first-order valence-corrected chi connectivity index (χ1v) is 7.15. The first kappa shape index (κ1) is 13.7. The molecule has 106 valence electrons. The van der Waals surface area contributed by atoms with Gasteiger partial charge in [-0.1, -0.05) is 29.8 Å². The average Bonchev–Trinajstić information content (AvgIpc) is 2.97. The number of carbonyl (C=O) groups excluding carboxylic acids is 1. The van der Waals surface area contributed by atoms with E-state index in [1.165, 1.54) is 0 Å². The summed E-state index contributed by atoms with van der Waals surface area (Å²) in [5.41, 5.74) is 2.77. The van der Waals surface area contributed by atoms with Gasteiger partial charge in [-0.25, -0.2) is 0 Å². The Bertz CT molecular complexity index is 777. The van der Waals surface area contributed by atoms with E-state index in [1.54, 1.807) is 12.1 Å². The molecular weight excluding hydrogens is 284 g/mol. The van der Waals surface area contributed by atoms with Crippen molar-refractivity contribution in [2.24, 2.45) is 0 Å². The molecule has 0 radical (unpaired) electrons. The van der Waals surface area contributed by atoms with Crippen LogP contribution in [0.1, 0.15) is 18.4 Å².